The summed E-state index contributed by atoms with van der Waals surface area (Å²) in [5, 5.41) is 0. The van der Waals surface area contributed by atoms with E-state index < -0.39 is 12.8 Å². The first kappa shape index (κ1) is 14.9. The number of hydrogen-bond donors (Lipinski definition) is 0. The first-order valence-electron chi connectivity index (χ1n) is 6.48. The highest BCUT2D eigenvalue weighted by molar-refractivity contribution is 5.97. The molecule has 1 aliphatic rings. The van der Waals surface area contributed by atoms with E-state index in [0.29, 0.717) is 29.9 Å². The maximum atomic E-state index is 11.9. The first-order valence-corrected chi connectivity index (χ1v) is 6.48. The molecule has 4 nitrogen and oxygen atoms in total. The SMILES string of the molecule is O=C1CCCCc2nc(CCOCC(F)(F)F)ncc21. The number of aromatic nitrogens is 2. The molecule has 1 aromatic heterocycles. The quantitative estimate of drug-likeness (QED) is 0.631. The molecule has 0 unspecified atom stereocenters. The van der Waals surface area contributed by atoms with Crippen LogP contribution in [0, 0.1) is 0 Å². The maximum Gasteiger partial charge on any atom is 0.411 e. The smallest absolute Gasteiger partial charge is 0.372 e. The van der Waals surface area contributed by atoms with E-state index in [1.165, 1.54) is 6.20 Å². The van der Waals surface area contributed by atoms with Gasteiger partial charge in [0, 0.05) is 19.0 Å². The molecule has 0 saturated carbocycles. The van der Waals surface area contributed by atoms with E-state index in [1.807, 2.05) is 0 Å². The number of hydrogen-bond acceptors (Lipinski definition) is 4. The van der Waals surface area contributed by atoms with Gasteiger partial charge < -0.3 is 4.74 Å². The third-order valence-electron chi connectivity index (χ3n) is 3.02. The molecule has 0 fully saturated rings. The number of carbonyl (C=O) groups is 1. The first-order chi connectivity index (χ1) is 9.46. The third-order valence-corrected chi connectivity index (χ3v) is 3.02. The molecule has 0 radical (unpaired) electrons. The summed E-state index contributed by atoms with van der Waals surface area (Å²) in [6, 6.07) is 0. The van der Waals surface area contributed by atoms with Crippen LogP contribution in [-0.4, -0.2) is 35.1 Å². The third kappa shape index (κ3) is 4.26. The number of ether oxygens (including phenoxy) is 1. The Bertz CT molecular complexity index is 489. The van der Waals surface area contributed by atoms with Gasteiger partial charge in [0.2, 0.25) is 0 Å². The zero-order chi connectivity index (χ0) is 14.6. The van der Waals surface area contributed by atoms with Crippen molar-refractivity contribution in [3.8, 4) is 0 Å². The highest BCUT2D eigenvalue weighted by Gasteiger charge is 2.27. The van der Waals surface area contributed by atoms with Crippen molar-refractivity contribution in [2.24, 2.45) is 0 Å². The van der Waals surface area contributed by atoms with Gasteiger partial charge in [0.15, 0.2) is 5.78 Å². The van der Waals surface area contributed by atoms with Crippen LogP contribution in [0.4, 0.5) is 13.2 Å². The second kappa shape index (κ2) is 6.30. The van der Waals surface area contributed by atoms with Crippen molar-refractivity contribution in [2.45, 2.75) is 38.3 Å². The van der Waals surface area contributed by atoms with Gasteiger partial charge in [-0.3, -0.25) is 4.79 Å². The Morgan fingerprint density at radius 1 is 1.25 bits per heavy atom. The second-order valence-corrected chi connectivity index (χ2v) is 4.69. The van der Waals surface area contributed by atoms with Crippen molar-refractivity contribution in [3.63, 3.8) is 0 Å². The van der Waals surface area contributed by atoms with E-state index in [9.17, 15) is 18.0 Å². The summed E-state index contributed by atoms with van der Waals surface area (Å²) in [6.07, 6.45) is 0.303. The summed E-state index contributed by atoms with van der Waals surface area (Å²) in [6.45, 7) is -1.36. The Hall–Kier alpha value is -1.50. The molecule has 0 N–H and O–H groups in total. The molecule has 2 rings (SSSR count). The fourth-order valence-corrected chi connectivity index (χ4v) is 2.07. The number of carbonyl (C=O) groups excluding carboxylic acids is 1. The monoisotopic (exact) mass is 288 g/mol. The summed E-state index contributed by atoms with van der Waals surface area (Å²) in [5.74, 6) is 0.456. The predicted octanol–water partition coefficient (Wildman–Crippen LogP) is 2.51. The molecule has 7 heteroatoms. The van der Waals surface area contributed by atoms with E-state index in [0.717, 1.165) is 12.8 Å². The Morgan fingerprint density at radius 2 is 2.00 bits per heavy atom. The molecular weight excluding hydrogens is 273 g/mol. The summed E-state index contributed by atoms with van der Waals surface area (Å²) < 4.78 is 40.2. The van der Waals surface area contributed by atoms with Crippen LogP contribution in [-0.2, 0) is 17.6 Å². The lowest BCUT2D eigenvalue weighted by Gasteiger charge is -2.08. The zero-order valence-electron chi connectivity index (χ0n) is 10.9. The number of nitrogens with zero attached hydrogens (tertiary/aromatic N) is 2. The molecular formula is C13H15F3N2O2. The standard InChI is InChI=1S/C13H15F3N2O2/c14-13(15,16)8-20-6-5-12-17-7-9-10(18-12)3-1-2-4-11(9)19/h7H,1-6,8H2. The molecule has 1 aromatic rings. The molecule has 1 aliphatic carbocycles. The summed E-state index contributed by atoms with van der Waals surface area (Å²) in [7, 11) is 0. The molecule has 0 bridgehead atoms. The van der Waals surface area contributed by atoms with Crippen LogP contribution in [0.2, 0.25) is 0 Å². The maximum absolute atomic E-state index is 11.9. The Morgan fingerprint density at radius 3 is 2.75 bits per heavy atom. The minimum absolute atomic E-state index is 0.0392. The predicted molar refractivity (Wildman–Crippen MR) is 64.5 cm³/mol. The van der Waals surface area contributed by atoms with Gasteiger partial charge in [-0.2, -0.15) is 13.2 Å². The van der Waals surface area contributed by atoms with Gasteiger partial charge in [-0.05, 0) is 19.3 Å². The van der Waals surface area contributed by atoms with Gasteiger partial charge in [0.1, 0.15) is 12.4 Å². The van der Waals surface area contributed by atoms with Crippen LogP contribution in [0.1, 0.15) is 41.1 Å². The van der Waals surface area contributed by atoms with E-state index in [1.54, 1.807) is 0 Å². The molecule has 0 amide bonds. The average molecular weight is 288 g/mol. The number of halogens is 3. The number of rotatable bonds is 4. The number of Topliss-reactive ketones (excluding diaryl/α,β-unsaturated/α-hetero) is 1. The lowest BCUT2D eigenvalue weighted by molar-refractivity contribution is -0.173. The highest BCUT2D eigenvalue weighted by Crippen LogP contribution is 2.18. The summed E-state index contributed by atoms with van der Waals surface area (Å²) in [4.78, 5) is 20.0. The molecule has 0 aromatic carbocycles. The lowest BCUT2D eigenvalue weighted by atomic mass is 10.1. The molecule has 0 saturated heterocycles. The Kier molecular flexibility index (Phi) is 4.69. The molecule has 1 heterocycles. The van der Waals surface area contributed by atoms with Crippen LogP contribution >= 0.6 is 0 Å². The summed E-state index contributed by atoms with van der Waals surface area (Å²) in [5.41, 5.74) is 1.25. The van der Waals surface area contributed by atoms with Crippen LogP contribution in [0.5, 0.6) is 0 Å². The topological polar surface area (TPSA) is 52.1 Å². The number of fused-ring (bicyclic) bond motifs is 1. The van der Waals surface area contributed by atoms with Crippen LogP contribution in [0.15, 0.2) is 6.20 Å². The molecule has 0 aliphatic heterocycles. The minimum atomic E-state index is -4.32. The van der Waals surface area contributed by atoms with Crippen LogP contribution in [0.25, 0.3) is 0 Å². The van der Waals surface area contributed by atoms with Crippen molar-refractivity contribution in [1.82, 2.24) is 9.97 Å². The van der Waals surface area contributed by atoms with Crippen molar-refractivity contribution in [1.29, 1.82) is 0 Å². The van der Waals surface area contributed by atoms with E-state index >= 15 is 0 Å². The molecule has 110 valence electrons. The molecule has 20 heavy (non-hydrogen) atoms. The van der Waals surface area contributed by atoms with Gasteiger partial charge in [-0.25, -0.2) is 9.97 Å². The average Bonchev–Trinajstić information content (AvgIpc) is 2.56. The normalized spacial score (nSPS) is 15.8. The van der Waals surface area contributed by atoms with Crippen LogP contribution < -0.4 is 0 Å². The van der Waals surface area contributed by atoms with E-state index in [2.05, 4.69) is 14.7 Å². The number of alkyl halides is 3. The molecule has 0 atom stereocenters. The van der Waals surface area contributed by atoms with Crippen molar-refractivity contribution >= 4 is 5.78 Å². The molecule has 0 spiro atoms. The van der Waals surface area contributed by atoms with Crippen molar-refractivity contribution < 1.29 is 22.7 Å². The van der Waals surface area contributed by atoms with E-state index in [4.69, 9.17) is 0 Å². The fraction of sp³-hybridized carbons (Fsp3) is 0.615. The van der Waals surface area contributed by atoms with E-state index in [-0.39, 0.29) is 18.8 Å². The van der Waals surface area contributed by atoms with Crippen molar-refractivity contribution in [2.75, 3.05) is 13.2 Å². The fourth-order valence-electron chi connectivity index (χ4n) is 2.07. The lowest BCUT2D eigenvalue weighted by Crippen LogP contribution is -2.18. The van der Waals surface area contributed by atoms with Gasteiger partial charge in [-0.1, -0.05) is 0 Å². The van der Waals surface area contributed by atoms with Gasteiger partial charge >= 0.3 is 6.18 Å². The number of aryl methyl sites for hydroxylation is 1. The van der Waals surface area contributed by atoms with Crippen LogP contribution in [0.3, 0.4) is 0 Å². The van der Waals surface area contributed by atoms with Gasteiger partial charge in [0.25, 0.3) is 0 Å². The van der Waals surface area contributed by atoms with Gasteiger partial charge in [0.05, 0.1) is 17.9 Å². The Balaban J connectivity index is 1.94. The highest BCUT2D eigenvalue weighted by atomic mass is 19.4. The zero-order valence-corrected chi connectivity index (χ0v) is 10.9. The minimum Gasteiger partial charge on any atom is -0.372 e. The van der Waals surface area contributed by atoms with Gasteiger partial charge in [-0.15, -0.1) is 0 Å². The Labute approximate surface area is 114 Å². The number of ketones is 1. The largest absolute Gasteiger partial charge is 0.411 e. The summed E-state index contributed by atoms with van der Waals surface area (Å²) >= 11 is 0. The van der Waals surface area contributed by atoms with Crippen molar-refractivity contribution in [3.05, 3.63) is 23.3 Å². The second-order valence-electron chi connectivity index (χ2n) is 4.69.